The minimum Gasteiger partial charge on any atom is -0.455 e. The molecule has 27 heavy (non-hydrogen) atoms. The highest BCUT2D eigenvalue weighted by Crippen LogP contribution is 2.10. The molecule has 0 aliphatic carbocycles. The lowest BCUT2D eigenvalue weighted by Crippen LogP contribution is -2.49. The lowest BCUT2D eigenvalue weighted by molar-refractivity contribution is -0.156. The molecule has 2 unspecified atom stereocenters. The summed E-state index contributed by atoms with van der Waals surface area (Å²) in [7, 11) is -3.79. The first kappa shape index (κ1) is 21.1. The van der Waals surface area contributed by atoms with Gasteiger partial charge in [0.1, 0.15) is 6.54 Å². The second-order valence-electron chi connectivity index (χ2n) is 6.30. The Balaban J connectivity index is 1.75. The van der Waals surface area contributed by atoms with Crippen molar-refractivity contribution in [3.8, 4) is 0 Å². The molecule has 148 valence electrons. The maximum absolute atomic E-state index is 12.1. The molecule has 0 bridgehead atoms. The molecule has 1 aliphatic rings. The van der Waals surface area contributed by atoms with Crippen LogP contribution < -0.4 is 4.72 Å². The van der Waals surface area contributed by atoms with E-state index in [2.05, 4.69) is 4.72 Å². The zero-order valence-electron chi connectivity index (χ0n) is 15.3. The third-order valence-electron chi connectivity index (χ3n) is 3.79. The smallest absolute Gasteiger partial charge is 0.321 e. The maximum atomic E-state index is 12.1. The average Bonchev–Trinajstić information content (AvgIpc) is 2.63. The van der Waals surface area contributed by atoms with Gasteiger partial charge in [0.2, 0.25) is 10.0 Å². The monoisotopic (exact) mass is 396 g/mol. The highest BCUT2D eigenvalue weighted by Gasteiger charge is 2.26. The number of carbonyl (C=O) groups excluding carboxylic acids is 2. The molecular formula is C18H24N2O6S. The van der Waals surface area contributed by atoms with Gasteiger partial charge in [0.25, 0.3) is 5.91 Å². The van der Waals surface area contributed by atoms with Crippen LogP contribution >= 0.6 is 0 Å². The summed E-state index contributed by atoms with van der Waals surface area (Å²) in [5, 5.41) is 0.970. The summed E-state index contributed by atoms with van der Waals surface area (Å²) < 4.78 is 36.3. The van der Waals surface area contributed by atoms with Crippen molar-refractivity contribution in [2.75, 3.05) is 26.2 Å². The van der Waals surface area contributed by atoms with Crippen molar-refractivity contribution in [1.29, 1.82) is 0 Å². The van der Waals surface area contributed by atoms with E-state index in [0.717, 1.165) is 5.41 Å². The zero-order valence-corrected chi connectivity index (χ0v) is 16.1. The van der Waals surface area contributed by atoms with Crippen molar-refractivity contribution in [3.63, 3.8) is 0 Å². The van der Waals surface area contributed by atoms with E-state index in [1.807, 2.05) is 19.9 Å². The van der Waals surface area contributed by atoms with Crippen molar-refractivity contribution < 1.29 is 27.5 Å². The van der Waals surface area contributed by atoms with Crippen LogP contribution in [-0.4, -0.2) is 63.6 Å². The summed E-state index contributed by atoms with van der Waals surface area (Å²) in [6.07, 6.45) is 1.24. The van der Waals surface area contributed by atoms with Gasteiger partial charge in [0, 0.05) is 18.5 Å². The normalized spacial score (nSPS) is 20.6. The predicted molar refractivity (Wildman–Crippen MR) is 99.9 cm³/mol. The van der Waals surface area contributed by atoms with E-state index < -0.39 is 29.1 Å². The molecule has 1 amide bonds. The molecule has 1 aliphatic heterocycles. The van der Waals surface area contributed by atoms with Gasteiger partial charge in [0.05, 0.1) is 12.2 Å². The summed E-state index contributed by atoms with van der Waals surface area (Å²) in [4.78, 5) is 25.4. The Morgan fingerprint density at radius 3 is 2.48 bits per heavy atom. The van der Waals surface area contributed by atoms with Gasteiger partial charge in [-0.3, -0.25) is 9.59 Å². The number of amides is 1. The minimum atomic E-state index is -3.79. The van der Waals surface area contributed by atoms with E-state index in [9.17, 15) is 18.0 Å². The lowest BCUT2D eigenvalue weighted by Gasteiger charge is -2.35. The molecule has 2 atom stereocenters. The predicted octanol–water partition coefficient (Wildman–Crippen LogP) is 0.756. The number of ether oxygens (including phenoxy) is 2. The molecule has 0 spiro atoms. The molecule has 0 radical (unpaired) electrons. The van der Waals surface area contributed by atoms with E-state index in [1.165, 1.54) is 6.08 Å². The average molecular weight is 396 g/mol. The first-order valence-corrected chi connectivity index (χ1v) is 10.1. The second kappa shape index (κ2) is 9.63. The van der Waals surface area contributed by atoms with Crippen LogP contribution in [0.2, 0.25) is 0 Å². The Hall–Kier alpha value is -2.23. The Kier molecular flexibility index (Phi) is 7.52. The highest BCUT2D eigenvalue weighted by molar-refractivity contribution is 7.92. The molecule has 1 fully saturated rings. The molecule has 1 saturated heterocycles. The van der Waals surface area contributed by atoms with Crippen LogP contribution in [0.5, 0.6) is 0 Å². The van der Waals surface area contributed by atoms with Crippen LogP contribution in [0.1, 0.15) is 19.4 Å². The number of hydrogen-bond acceptors (Lipinski definition) is 6. The SMILES string of the molecule is CC1CN(C(=O)COC(=O)CNS(=O)(=O)/C=C/c2ccccc2)CC(C)O1. The van der Waals surface area contributed by atoms with Gasteiger partial charge in [-0.15, -0.1) is 0 Å². The van der Waals surface area contributed by atoms with Crippen molar-refractivity contribution in [1.82, 2.24) is 9.62 Å². The number of hydrogen-bond donors (Lipinski definition) is 1. The number of nitrogens with one attached hydrogen (secondary N) is 1. The zero-order chi connectivity index (χ0) is 19.9. The number of carbonyl (C=O) groups is 2. The van der Waals surface area contributed by atoms with E-state index >= 15 is 0 Å². The lowest BCUT2D eigenvalue weighted by atomic mass is 10.2. The summed E-state index contributed by atoms with van der Waals surface area (Å²) in [6.45, 7) is 3.60. The van der Waals surface area contributed by atoms with Crippen molar-refractivity contribution in [2.45, 2.75) is 26.1 Å². The molecular weight excluding hydrogens is 372 g/mol. The summed E-state index contributed by atoms with van der Waals surface area (Å²) in [6, 6.07) is 8.88. The molecule has 9 heteroatoms. The second-order valence-corrected chi connectivity index (χ2v) is 7.95. The van der Waals surface area contributed by atoms with Crippen LogP contribution in [-0.2, 0) is 29.1 Å². The van der Waals surface area contributed by atoms with Gasteiger partial charge in [-0.25, -0.2) is 13.1 Å². The quantitative estimate of drug-likeness (QED) is 0.683. The fourth-order valence-electron chi connectivity index (χ4n) is 2.61. The van der Waals surface area contributed by atoms with E-state index in [-0.39, 0.29) is 18.1 Å². The van der Waals surface area contributed by atoms with Gasteiger partial charge in [-0.05, 0) is 25.5 Å². The van der Waals surface area contributed by atoms with E-state index in [4.69, 9.17) is 9.47 Å². The topological polar surface area (TPSA) is 102 Å². The Labute approximate surface area is 159 Å². The number of benzene rings is 1. The van der Waals surface area contributed by atoms with E-state index in [1.54, 1.807) is 29.2 Å². The number of morpholine rings is 1. The Morgan fingerprint density at radius 1 is 1.22 bits per heavy atom. The van der Waals surface area contributed by atoms with Crippen LogP contribution in [0, 0.1) is 0 Å². The van der Waals surface area contributed by atoms with E-state index in [0.29, 0.717) is 18.7 Å². The number of esters is 1. The summed E-state index contributed by atoms with van der Waals surface area (Å²) >= 11 is 0. The number of nitrogens with zero attached hydrogens (tertiary/aromatic N) is 1. The fourth-order valence-corrected chi connectivity index (χ4v) is 3.36. The molecule has 1 aromatic carbocycles. The standard InChI is InChI=1S/C18H24N2O6S/c1-14-11-20(12-15(2)26-14)17(21)13-25-18(22)10-19-27(23,24)9-8-16-6-4-3-5-7-16/h3-9,14-15,19H,10-13H2,1-2H3/b9-8+. The van der Waals surface area contributed by atoms with Crippen molar-refractivity contribution in [3.05, 3.63) is 41.3 Å². The van der Waals surface area contributed by atoms with Crippen molar-refractivity contribution >= 4 is 28.0 Å². The van der Waals surface area contributed by atoms with Gasteiger partial charge in [-0.2, -0.15) is 0 Å². The molecule has 8 nitrogen and oxygen atoms in total. The van der Waals surface area contributed by atoms with Gasteiger partial charge >= 0.3 is 5.97 Å². The molecule has 0 aromatic heterocycles. The Morgan fingerprint density at radius 2 is 1.85 bits per heavy atom. The molecule has 1 N–H and O–H groups in total. The van der Waals surface area contributed by atoms with Gasteiger partial charge in [-0.1, -0.05) is 30.3 Å². The third kappa shape index (κ3) is 7.49. The summed E-state index contributed by atoms with van der Waals surface area (Å²) in [5.41, 5.74) is 0.713. The molecule has 1 aromatic rings. The van der Waals surface area contributed by atoms with Crippen LogP contribution in [0.4, 0.5) is 0 Å². The van der Waals surface area contributed by atoms with Crippen LogP contribution in [0.3, 0.4) is 0 Å². The van der Waals surface area contributed by atoms with Gasteiger partial charge in [0.15, 0.2) is 6.61 Å². The number of rotatable bonds is 7. The van der Waals surface area contributed by atoms with Crippen LogP contribution in [0.15, 0.2) is 35.7 Å². The molecule has 2 rings (SSSR count). The first-order chi connectivity index (χ1) is 12.7. The Bertz CT molecular complexity index is 768. The summed E-state index contributed by atoms with van der Waals surface area (Å²) in [5.74, 6) is -1.16. The van der Waals surface area contributed by atoms with Gasteiger partial charge < -0.3 is 14.4 Å². The molecule has 1 heterocycles. The first-order valence-electron chi connectivity index (χ1n) is 8.57. The maximum Gasteiger partial charge on any atom is 0.321 e. The minimum absolute atomic E-state index is 0.0865. The van der Waals surface area contributed by atoms with Crippen LogP contribution in [0.25, 0.3) is 6.08 Å². The molecule has 0 saturated carbocycles. The fraction of sp³-hybridized carbons (Fsp3) is 0.444. The highest BCUT2D eigenvalue weighted by atomic mass is 32.2. The number of sulfonamides is 1. The van der Waals surface area contributed by atoms with Crippen molar-refractivity contribution in [2.24, 2.45) is 0 Å². The largest absolute Gasteiger partial charge is 0.455 e. The third-order valence-corrected chi connectivity index (χ3v) is 4.83.